The van der Waals surface area contributed by atoms with E-state index in [0.29, 0.717) is 6.04 Å². The maximum Gasteiger partial charge on any atom is 0.0622 e. The Kier molecular flexibility index (Phi) is 9.42. The van der Waals surface area contributed by atoms with Crippen molar-refractivity contribution in [2.24, 2.45) is 5.92 Å². The number of rotatable bonds is 9. The Morgan fingerprint density at radius 1 is 1.07 bits per heavy atom. The van der Waals surface area contributed by atoms with Crippen molar-refractivity contribution < 1.29 is 4.74 Å². The summed E-state index contributed by atoms with van der Waals surface area (Å²) in [5, 5.41) is 3.52. The van der Waals surface area contributed by atoms with Crippen LogP contribution >= 0.6 is 0 Å². The fourth-order valence-electron chi connectivity index (χ4n) is 1.84. The van der Waals surface area contributed by atoms with Gasteiger partial charge in [0.15, 0.2) is 0 Å². The van der Waals surface area contributed by atoms with Crippen LogP contribution in [0.3, 0.4) is 0 Å². The highest BCUT2D eigenvalue weighted by molar-refractivity contribution is 4.73. The fraction of sp³-hybridized carbons (Fsp3) is 1.00. The van der Waals surface area contributed by atoms with E-state index in [-0.39, 0.29) is 0 Å². The van der Waals surface area contributed by atoms with Crippen LogP contribution in [0.2, 0.25) is 0 Å². The van der Waals surface area contributed by atoms with Gasteiger partial charge < -0.3 is 10.1 Å². The normalized spacial score (nSPS) is 13.5. The predicted octanol–water partition coefficient (Wildman–Crippen LogP) is 2.83. The van der Waals surface area contributed by atoms with Gasteiger partial charge in [-0.1, -0.05) is 40.5 Å². The van der Waals surface area contributed by atoms with Gasteiger partial charge in [-0.3, -0.25) is 0 Å². The number of hydrogen-bond acceptors (Lipinski definition) is 2. The van der Waals surface area contributed by atoms with Crippen LogP contribution in [0, 0.1) is 5.92 Å². The van der Waals surface area contributed by atoms with Gasteiger partial charge in [0.25, 0.3) is 0 Å². The van der Waals surface area contributed by atoms with Crippen LogP contribution in [0.1, 0.15) is 47.0 Å². The van der Waals surface area contributed by atoms with E-state index in [1.165, 1.54) is 12.8 Å². The monoisotopic (exact) mass is 201 g/mol. The van der Waals surface area contributed by atoms with Gasteiger partial charge in [-0.25, -0.2) is 0 Å². The van der Waals surface area contributed by atoms with Gasteiger partial charge in [-0.05, 0) is 18.9 Å². The topological polar surface area (TPSA) is 21.3 Å². The second kappa shape index (κ2) is 9.47. The molecule has 0 aromatic carbocycles. The van der Waals surface area contributed by atoms with Crippen molar-refractivity contribution in [2.75, 3.05) is 19.8 Å². The molecule has 0 aliphatic rings. The maximum atomic E-state index is 5.62. The Morgan fingerprint density at radius 2 is 1.71 bits per heavy atom. The molecular weight excluding hydrogens is 174 g/mol. The van der Waals surface area contributed by atoms with Gasteiger partial charge in [0.2, 0.25) is 0 Å². The van der Waals surface area contributed by atoms with E-state index in [9.17, 15) is 0 Å². The van der Waals surface area contributed by atoms with Gasteiger partial charge in [0.05, 0.1) is 6.61 Å². The molecule has 14 heavy (non-hydrogen) atoms. The van der Waals surface area contributed by atoms with Crippen molar-refractivity contribution in [1.82, 2.24) is 5.32 Å². The molecule has 2 heteroatoms. The maximum absolute atomic E-state index is 5.62. The van der Waals surface area contributed by atoms with Crippen LogP contribution in [0.4, 0.5) is 0 Å². The average molecular weight is 201 g/mol. The van der Waals surface area contributed by atoms with Crippen LogP contribution in [-0.4, -0.2) is 25.8 Å². The molecule has 0 radical (unpaired) electrons. The summed E-state index contributed by atoms with van der Waals surface area (Å²) in [5.41, 5.74) is 0. The van der Waals surface area contributed by atoms with E-state index < -0.39 is 0 Å². The molecule has 0 aliphatic heterocycles. The molecule has 0 aromatic rings. The molecule has 1 unspecified atom stereocenters. The van der Waals surface area contributed by atoms with Crippen LogP contribution in [-0.2, 0) is 4.74 Å². The lowest BCUT2D eigenvalue weighted by Gasteiger charge is -2.25. The summed E-state index contributed by atoms with van der Waals surface area (Å²) in [6.45, 7) is 11.6. The molecule has 0 aromatic heterocycles. The van der Waals surface area contributed by atoms with E-state index in [4.69, 9.17) is 4.74 Å². The van der Waals surface area contributed by atoms with Gasteiger partial charge in [-0.2, -0.15) is 0 Å². The first kappa shape index (κ1) is 13.9. The Hall–Kier alpha value is -0.0800. The molecule has 0 saturated carbocycles. The largest absolute Gasteiger partial charge is 0.380 e. The van der Waals surface area contributed by atoms with Crippen molar-refractivity contribution >= 4 is 0 Å². The molecule has 0 fully saturated rings. The summed E-state index contributed by atoms with van der Waals surface area (Å²) in [6, 6.07) is 0.543. The molecule has 0 heterocycles. The van der Waals surface area contributed by atoms with Crippen LogP contribution in [0.5, 0.6) is 0 Å². The molecule has 0 aliphatic carbocycles. The number of ether oxygens (including phenoxy) is 1. The summed E-state index contributed by atoms with van der Waals surface area (Å²) in [6.07, 6.45) is 3.59. The van der Waals surface area contributed by atoms with E-state index in [0.717, 1.165) is 32.1 Å². The van der Waals surface area contributed by atoms with E-state index in [2.05, 4.69) is 33.0 Å². The van der Waals surface area contributed by atoms with Gasteiger partial charge >= 0.3 is 0 Å². The standard InChI is InChI=1S/C12H27NO/c1-5-9-14-10-12(13-8-4)11(6-2)7-3/h11-13H,5-10H2,1-4H3. The van der Waals surface area contributed by atoms with Gasteiger partial charge in [-0.15, -0.1) is 0 Å². The Morgan fingerprint density at radius 3 is 2.14 bits per heavy atom. The summed E-state index contributed by atoms with van der Waals surface area (Å²) < 4.78 is 5.62. The lowest BCUT2D eigenvalue weighted by atomic mass is 9.95. The third-order valence-electron chi connectivity index (χ3n) is 2.73. The van der Waals surface area contributed by atoms with Crippen LogP contribution < -0.4 is 5.32 Å². The molecular formula is C12H27NO. The second-order valence-electron chi connectivity index (χ2n) is 3.82. The molecule has 0 saturated heterocycles. The van der Waals surface area contributed by atoms with Crippen molar-refractivity contribution in [3.05, 3.63) is 0 Å². The first-order valence-electron chi connectivity index (χ1n) is 6.11. The lowest BCUT2D eigenvalue weighted by Crippen LogP contribution is -2.39. The zero-order valence-electron chi connectivity index (χ0n) is 10.3. The molecule has 0 spiro atoms. The Balaban J connectivity index is 3.85. The number of nitrogens with one attached hydrogen (secondary N) is 1. The van der Waals surface area contributed by atoms with E-state index in [1.807, 2.05) is 0 Å². The molecule has 2 nitrogen and oxygen atoms in total. The summed E-state index contributed by atoms with van der Waals surface area (Å²) in [5.74, 6) is 0.756. The second-order valence-corrected chi connectivity index (χ2v) is 3.82. The fourth-order valence-corrected chi connectivity index (χ4v) is 1.84. The van der Waals surface area contributed by atoms with Crippen LogP contribution in [0.15, 0.2) is 0 Å². The zero-order valence-corrected chi connectivity index (χ0v) is 10.3. The zero-order chi connectivity index (χ0) is 10.8. The first-order valence-corrected chi connectivity index (χ1v) is 6.11. The molecule has 86 valence electrons. The molecule has 1 N–H and O–H groups in total. The Bertz CT molecular complexity index is 113. The highest BCUT2D eigenvalue weighted by Gasteiger charge is 2.16. The lowest BCUT2D eigenvalue weighted by molar-refractivity contribution is 0.0919. The molecule has 0 rings (SSSR count). The molecule has 0 bridgehead atoms. The minimum absolute atomic E-state index is 0.543. The van der Waals surface area contributed by atoms with E-state index >= 15 is 0 Å². The van der Waals surface area contributed by atoms with Gasteiger partial charge in [0, 0.05) is 12.6 Å². The number of likely N-dealkylation sites (N-methyl/N-ethyl adjacent to an activating group) is 1. The average Bonchev–Trinajstić information content (AvgIpc) is 2.20. The minimum atomic E-state index is 0.543. The third-order valence-corrected chi connectivity index (χ3v) is 2.73. The van der Waals surface area contributed by atoms with Gasteiger partial charge in [0.1, 0.15) is 0 Å². The Labute approximate surface area is 89.4 Å². The minimum Gasteiger partial charge on any atom is -0.380 e. The predicted molar refractivity (Wildman–Crippen MR) is 62.6 cm³/mol. The first-order chi connectivity index (χ1) is 6.79. The van der Waals surface area contributed by atoms with Crippen molar-refractivity contribution in [2.45, 2.75) is 53.0 Å². The van der Waals surface area contributed by atoms with Crippen molar-refractivity contribution in [3.8, 4) is 0 Å². The third kappa shape index (κ3) is 5.61. The quantitative estimate of drug-likeness (QED) is 0.579. The smallest absolute Gasteiger partial charge is 0.0622 e. The molecule has 0 amide bonds. The highest BCUT2D eigenvalue weighted by Crippen LogP contribution is 2.13. The summed E-state index contributed by atoms with van der Waals surface area (Å²) in [4.78, 5) is 0. The summed E-state index contributed by atoms with van der Waals surface area (Å²) in [7, 11) is 0. The summed E-state index contributed by atoms with van der Waals surface area (Å²) >= 11 is 0. The molecule has 1 atom stereocenters. The van der Waals surface area contributed by atoms with Crippen molar-refractivity contribution in [3.63, 3.8) is 0 Å². The van der Waals surface area contributed by atoms with Crippen LogP contribution in [0.25, 0.3) is 0 Å². The van der Waals surface area contributed by atoms with Crippen molar-refractivity contribution in [1.29, 1.82) is 0 Å². The number of hydrogen-bond donors (Lipinski definition) is 1. The SMILES string of the molecule is CCCOCC(NCC)C(CC)CC. The highest BCUT2D eigenvalue weighted by atomic mass is 16.5. The van der Waals surface area contributed by atoms with E-state index in [1.54, 1.807) is 0 Å².